The number of phenolic OH excluding ortho intramolecular Hbond substituents is 1. The molecule has 1 aromatic carbocycles. The molecular weight excluding hydrogens is 322 g/mol. The topological polar surface area (TPSA) is 84.9 Å². The highest BCUT2D eigenvalue weighted by Crippen LogP contribution is 2.31. The molecule has 1 saturated carbocycles. The molecule has 0 atom stereocenters. The summed E-state index contributed by atoms with van der Waals surface area (Å²) in [4.78, 5) is 23.6. The predicted molar refractivity (Wildman–Crippen MR) is 94.7 cm³/mol. The highest BCUT2D eigenvalue weighted by Gasteiger charge is 2.30. The van der Waals surface area contributed by atoms with Crippen LogP contribution in [0.1, 0.15) is 56.8 Å². The summed E-state index contributed by atoms with van der Waals surface area (Å²) in [5.74, 6) is -0.666. The molecular formula is C19H27NO5. The summed E-state index contributed by atoms with van der Waals surface area (Å²) in [7, 11) is 1.30. The summed E-state index contributed by atoms with van der Waals surface area (Å²) in [5, 5.41) is 13.4. The van der Waals surface area contributed by atoms with Crippen molar-refractivity contribution in [2.75, 3.05) is 12.4 Å². The first-order valence-corrected chi connectivity index (χ1v) is 8.60. The second-order valence-corrected chi connectivity index (χ2v) is 7.45. The van der Waals surface area contributed by atoms with Gasteiger partial charge < -0.3 is 19.9 Å². The van der Waals surface area contributed by atoms with Crippen molar-refractivity contribution in [3.05, 3.63) is 23.8 Å². The number of hydrogen-bond acceptors (Lipinski definition) is 6. The molecule has 25 heavy (non-hydrogen) atoms. The molecule has 0 spiro atoms. The molecule has 1 aromatic rings. The van der Waals surface area contributed by atoms with Gasteiger partial charge in [0.15, 0.2) is 0 Å². The lowest BCUT2D eigenvalue weighted by Crippen LogP contribution is -2.33. The van der Waals surface area contributed by atoms with Gasteiger partial charge in [0.05, 0.1) is 24.3 Å². The Bertz CT molecular complexity index is 627. The van der Waals surface area contributed by atoms with Gasteiger partial charge in [-0.3, -0.25) is 4.79 Å². The number of benzene rings is 1. The Morgan fingerprint density at radius 1 is 1.16 bits per heavy atom. The van der Waals surface area contributed by atoms with Crippen LogP contribution in [0.3, 0.4) is 0 Å². The molecule has 0 aromatic heterocycles. The molecule has 0 amide bonds. The standard InChI is InChI=1S/C19H27NO5/c1-19(2,3)25-18(23)12-5-8-14(9-6-12)20-15-10-7-13(11-16(15)21)17(22)24-4/h7,10-12,14,20-21H,5-6,8-9H2,1-4H3. The van der Waals surface area contributed by atoms with Crippen LogP contribution in [0.2, 0.25) is 0 Å². The second-order valence-electron chi connectivity index (χ2n) is 7.45. The molecule has 0 radical (unpaired) electrons. The molecule has 2 N–H and O–H groups in total. The van der Waals surface area contributed by atoms with E-state index in [1.54, 1.807) is 12.1 Å². The number of carbonyl (C=O) groups excluding carboxylic acids is 2. The molecule has 0 unspecified atom stereocenters. The Balaban J connectivity index is 1.90. The van der Waals surface area contributed by atoms with Crippen molar-refractivity contribution in [3.8, 4) is 5.75 Å². The van der Waals surface area contributed by atoms with Crippen LogP contribution in [-0.2, 0) is 14.3 Å². The van der Waals surface area contributed by atoms with E-state index < -0.39 is 11.6 Å². The fourth-order valence-electron chi connectivity index (χ4n) is 2.98. The van der Waals surface area contributed by atoms with Gasteiger partial charge in [-0.15, -0.1) is 0 Å². The predicted octanol–water partition coefficient (Wildman–Crippen LogP) is 3.49. The summed E-state index contributed by atoms with van der Waals surface area (Å²) in [6.07, 6.45) is 3.16. The van der Waals surface area contributed by atoms with E-state index in [1.807, 2.05) is 20.8 Å². The molecule has 0 aliphatic heterocycles. The van der Waals surface area contributed by atoms with Crippen molar-refractivity contribution in [1.82, 2.24) is 0 Å². The van der Waals surface area contributed by atoms with Crippen molar-refractivity contribution in [2.45, 2.75) is 58.1 Å². The number of carbonyl (C=O) groups is 2. The van der Waals surface area contributed by atoms with Gasteiger partial charge in [-0.2, -0.15) is 0 Å². The zero-order valence-electron chi connectivity index (χ0n) is 15.3. The lowest BCUT2D eigenvalue weighted by molar-refractivity contribution is -0.161. The van der Waals surface area contributed by atoms with E-state index in [1.165, 1.54) is 13.2 Å². The first-order valence-electron chi connectivity index (χ1n) is 8.60. The van der Waals surface area contributed by atoms with Gasteiger partial charge in [0, 0.05) is 6.04 Å². The van der Waals surface area contributed by atoms with Gasteiger partial charge in [0.2, 0.25) is 0 Å². The maximum atomic E-state index is 12.1. The number of esters is 2. The summed E-state index contributed by atoms with van der Waals surface area (Å²) in [6, 6.07) is 4.84. The SMILES string of the molecule is COC(=O)c1ccc(NC2CCC(C(=O)OC(C)(C)C)CC2)c(O)c1. The first-order chi connectivity index (χ1) is 11.7. The third kappa shape index (κ3) is 5.37. The minimum Gasteiger partial charge on any atom is -0.506 e. The molecule has 2 rings (SSSR count). The summed E-state index contributed by atoms with van der Waals surface area (Å²) >= 11 is 0. The Labute approximate surface area is 148 Å². The quantitative estimate of drug-likeness (QED) is 0.639. The average molecular weight is 349 g/mol. The second kappa shape index (κ2) is 7.76. The molecule has 6 heteroatoms. The van der Waals surface area contributed by atoms with Crippen molar-refractivity contribution in [2.24, 2.45) is 5.92 Å². The zero-order valence-corrected chi connectivity index (χ0v) is 15.3. The molecule has 6 nitrogen and oxygen atoms in total. The normalized spacial score (nSPS) is 20.6. The lowest BCUT2D eigenvalue weighted by Gasteiger charge is -2.30. The molecule has 138 valence electrons. The van der Waals surface area contributed by atoms with Crippen LogP contribution in [0, 0.1) is 5.92 Å². The Morgan fingerprint density at radius 2 is 1.80 bits per heavy atom. The van der Waals surface area contributed by atoms with Gasteiger partial charge in [0.1, 0.15) is 11.4 Å². The fraction of sp³-hybridized carbons (Fsp3) is 0.579. The van der Waals surface area contributed by atoms with E-state index in [-0.39, 0.29) is 23.7 Å². The van der Waals surface area contributed by atoms with Crippen LogP contribution < -0.4 is 5.32 Å². The van der Waals surface area contributed by atoms with Gasteiger partial charge in [-0.25, -0.2) is 4.79 Å². The highest BCUT2D eigenvalue weighted by molar-refractivity contribution is 5.90. The van der Waals surface area contributed by atoms with Crippen molar-refractivity contribution >= 4 is 17.6 Å². The van der Waals surface area contributed by atoms with Crippen LogP contribution in [0.25, 0.3) is 0 Å². The smallest absolute Gasteiger partial charge is 0.337 e. The van der Waals surface area contributed by atoms with Crippen molar-refractivity contribution < 1.29 is 24.2 Å². The van der Waals surface area contributed by atoms with E-state index in [9.17, 15) is 14.7 Å². The minimum absolute atomic E-state index is 0.0113. The number of ether oxygens (including phenoxy) is 2. The molecule has 1 fully saturated rings. The van der Waals surface area contributed by atoms with Crippen LogP contribution in [0.15, 0.2) is 18.2 Å². The third-order valence-corrected chi connectivity index (χ3v) is 4.25. The lowest BCUT2D eigenvalue weighted by atomic mass is 9.86. The number of methoxy groups -OCH3 is 1. The summed E-state index contributed by atoms with van der Waals surface area (Å²) < 4.78 is 10.1. The summed E-state index contributed by atoms with van der Waals surface area (Å²) in [6.45, 7) is 5.62. The monoisotopic (exact) mass is 349 g/mol. The molecule has 1 aliphatic carbocycles. The minimum atomic E-state index is -0.486. The Kier molecular flexibility index (Phi) is 5.93. The number of nitrogens with one attached hydrogen (secondary N) is 1. The van der Waals surface area contributed by atoms with Crippen LogP contribution in [0.5, 0.6) is 5.75 Å². The van der Waals surface area contributed by atoms with Crippen molar-refractivity contribution in [3.63, 3.8) is 0 Å². The average Bonchev–Trinajstić information content (AvgIpc) is 2.55. The molecule has 0 heterocycles. The summed E-state index contributed by atoms with van der Waals surface area (Å²) in [5.41, 5.74) is 0.423. The first kappa shape index (κ1) is 19.1. The van der Waals surface area contributed by atoms with E-state index in [4.69, 9.17) is 4.74 Å². The van der Waals surface area contributed by atoms with E-state index in [0.717, 1.165) is 25.7 Å². The zero-order chi connectivity index (χ0) is 18.6. The van der Waals surface area contributed by atoms with E-state index >= 15 is 0 Å². The van der Waals surface area contributed by atoms with Gasteiger partial charge in [-0.1, -0.05) is 0 Å². The largest absolute Gasteiger partial charge is 0.506 e. The van der Waals surface area contributed by atoms with Crippen LogP contribution >= 0.6 is 0 Å². The van der Waals surface area contributed by atoms with Crippen molar-refractivity contribution in [1.29, 1.82) is 0 Å². The highest BCUT2D eigenvalue weighted by atomic mass is 16.6. The Hall–Kier alpha value is -2.24. The van der Waals surface area contributed by atoms with Gasteiger partial charge >= 0.3 is 11.9 Å². The fourth-order valence-corrected chi connectivity index (χ4v) is 2.98. The van der Waals surface area contributed by atoms with E-state index in [0.29, 0.717) is 11.3 Å². The number of rotatable bonds is 4. The van der Waals surface area contributed by atoms with Gasteiger partial charge in [0.25, 0.3) is 0 Å². The molecule has 1 aliphatic rings. The number of hydrogen-bond donors (Lipinski definition) is 2. The third-order valence-electron chi connectivity index (χ3n) is 4.25. The maximum absolute atomic E-state index is 12.1. The van der Waals surface area contributed by atoms with E-state index in [2.05, 4.69) is 10.1 Å². The Morgan fingerprint density at radius 3 is 2.32 bits per heavy atom. The van der Waals surface area contributed by atoms with Crippen LogP contribution in [-0.4, -0.2) is 35.8 Å². The number of anilines is 1. The van der Waals surface area contributed by atoms with Gasteiger partial charge in [-0.05, 0) is 64.7 Å². The number of aromatic hydroxyl groups is 1. The molecule has 0 saturated heterocycles. The van der Waals surface area contributed by atoms with Crippen LogP contribution in [0.4, 0.5) is 5.69 Å². The molecule has 0 bridgehead atoms. The maximum Gasteiger partial charge on any atom is 0.337 e. The number of phenols is 1.